The van der Waals surface area contributed by atoms with E-state index in [2.05, 4.69) is 25.1 Å². The van der Waals surface area contributed by atoms with Crippen LogP contribution in [0.2, 0.25) is 0 Å². The summed E-state index contributed by atoms with van der Waals surface area (Å²) in [6, 6.07) is 33.6. The quantitative estimate of drug-likeness (QED) is 0.207. The second-order valence-electron chi connectivity index (χ2n) is 12.1. The van der Waals surface area contributed by atoms with E-state index in [9.17, 15) is 9.59 Å². The summed E-state index contributed by atoms with van der Waals surface area (Å²) >= 11 is 0. The maximum Gasteiger partial charge on any atom is 0.259 e. The number of carbonyl (C=O) groups is 2. The summed E-state index contributed by atoms with van der Waals surface area (Å²) in [4.78, 5) is 31.7. The van der Waals surface area contributed by atoms with Crippen molar-refractivity contribution in [1.29, 1.82) is 0 Å². The van der Waals surface area contributed by atoms with Crippen LogP contribution in [-0.2, 0) is 33.2 Å². The van der Waals surface area contributed by atoms with Gasteiger partial charge in [-0.2, -0.15) is 0 Å². The second kappa shape index (κ2) is 13.1. The van der Waals surface area contributed by atoms with Crippen molar-refractivity contribution in [1.82, 2.24) is 9.47 Å². The van der Waals surface area contributed by atoms with Crippen LogP contribution < -0.4 is 15.4 Å². The summed E-state index contributed by atoms with van der Waals surface area (Å²) in [5, 5.41) is 0. The largest absolute Gasteiger partial charge is 0.489 e. The highest BCUT2D eigenvalue weighted by Gasteiger charge is 2.30. The minimum Gasteiger partial charge on any atom is -0.489 e. The fraction of sp³-hybridized carbons (Fsp3) is 0.231. The van der Waals surface area contributed by atoms with E-state index in [1.54, 1.807) is 11.9 Å². The molecule has 7 heteroatoms. The molecule has 2 N–H and O–H groups in total. The molecule has 0 unspecified atom stereocenters. The monoisotopic (exact) mass is 612 g/mol. The van der Waals surface area contributed by atoms with Gasteiger partial charge in [0.05, 0.1) is 5.56 Å². The number of nitrogens with zero attached hydrogens (tertiary/aromatic N) is 3. The first-order valence-corrected chi connectivity index (χ1v) is 15.7. The zero-order chi connectivity index (χ0) is 32.4. The molecule has 5 aromatic rings. The Hall–Kier alpha value is -5.14. The van der Waals surface area contributed by atoms with E-state index >= 15 is 0 Å². The lowest BCUT2D eigenvalue weighted by Crippen LogP contribution is -2.42. The minimum atomic E-state index is -0.134. The van der Waals surface area contributed by atoms with Crippen LogP contribution in [0, 0.1) is 6.92 Å². The van der Waals surface area contributed by atoms with Crippen LogP contribution in [0.5, 0.6) is 5.75 Å². The number of carbonyl (C=O) groups excluding carboxylic acids is 2. The fourth-order valence-corrected chi connectivity index (χ4v) is 6.20. The Kier molecular flexibility index (Phi) is 8.77. The lowest BCUT2D eigenvalue weighted by Gasteiger charge is -2.35. The van der Waals surface area contributed by atoms with Crippen LogP contribution in [-0.4, -0.2) is 34.4 Å². The van der Waals surface area contributed by atoms with Crippen LogP contribution in [0.4, 0.5) is 5.69 Å². The minimum absolute atomic E-state index is 0.0364. The Labute approximate surface area is 270 Å². The number of fused-ring (bicyclic) bond motifs is 1. The van der Waals surface area contributed by atoms with Gasteiger partial charge in [0.15, 0.2) is 0 Å². The van der Waals surface area contributed by atoms with Gasteiger partial charge in [-0.3, -0.25) is 9.59 Å². The molecule has 4 aromatic carbocycles. The van der Waals surface area contributed by atoms with Gasteiger partial charge < -0.3 is 24.8 Å². The third-order valence-electron chi connectivity index (χ3n) is 9.14. The van der Waals surface area contributed by atoms with Crippen molar-refractivity contribution in [3.8, 4) is 17.0 Å². The smallest absolute Gasteiger partial charge is 0.259 e. The molecule has 0 saturated carbocycles. The summed E-state index contributed by atoms with van der Waals surface area (Å²) in [6.07, 6.45) is 0.808. The molecule has 0 spiro atoms. The molecule has 0 radical (unpaired) electrons. The average Bonchev–Trinajstić information content (AvgIpc) is 3.39. The first-order valence-electron chi connectivity index (χ1n) is 15.7. The Morgan fingerprint density at radius 1 is 0.870 bits per heavy atom. The molecular weight excluding hydrogens is 572 g/mol. The zero-order valence-electron chi connectivity index (χ0n) is 26.9. The molecular formula is C39H40N4O3. The first kappa shape index (κ1) is 30.9. The topological polar surface area (TPSA) is 80.8 Å². The molecule has 7 nitrogen and oxygen atoms in total. The summed E-state index contributed by atoms with van der Waals surface area (Å²) in [6.45, 7) is 5.39. The normalized spacial score (nSPS) is 14.1. The number of aromatic nitrogens is 1. The number of nitrogens with two attached hydrogens (primary N) is 1. The van der Waals surface area contributed by atoms with Crippen molar-refractivity contribution in [3.63, 3.8) is 0 Å². The molecule has 2 amide bonds. The lowest BCUT2D eigenvalue weighted by atomic mass is 9.93. The van der Waals surface area contributed by atoms with E-state index in [0.29, 0.717) is 30.8 Å². The van der Waals surface area contributed by atoms with E-state index in [1.165, 1.54) is 11.1 Å². The zero-order valence-corrected chi connectivity index (χ0v) is 26.9. The summed E-state index contributed by atoms with van der Waals surface area (Å²) in [7, 11) is 3.71. The van der Waals surface area contributed by atoms with E-state index in [0.717, 1.165) is 45.9 Å². The molecule has 1 aromatic heterocycles. The van der Waals surface area contributed by atoms with Gasteiger partial charge in [-0.1, -0.05) is 66.7 Å². The van der Waals surface area contributed by atoms with Gasteiger partial charge >= 0.3 is 0 Å². The summed E-state index contributed by atoms with van der Waals surface area (Å²) in [5.74, 6) is 0.562. The number of amides is 2. The molecule has 1 atom stereocenters. The van der Waals surface area contributed by atoms with E-state index < -0.39 is 0 Å². The van der Waals surface area contributed by atoms with Crippen molar-refractivity contribution in [2.24, 2.45) is 12.8 Å². The molecule has 2 heterocycles. The molecule has 1 aliphatic heterocycles. The lowest BCUT2D eigenvalue weighted by molar-refractivity contribution is 0.0658. The van der Waals surface area contributed by atoms with Crippen molar-refractivity contribution < 1.29 is 14.3 Å². The van der Waals surface area contributed by atoms with Crippen molar-refractivity contribution >= 4 is 17.5 Å². The molecule has 0 fully saturated rings. The van der Waals surface area contributed by atoms with Gasteiger partial charge in [-0.15, -0.1) is 0 Å². The molecule has 234 valence electrons. The molecule has 0 saturated heterocycles. The second-order valence-corrected chi connectivity index (χ2v) is 12.1. The van der Waals surface area contributed by atoms with Crippen LogP contribution in [0.25, 0.3) is 11.3 Å². The number of hydrogen-bond acceptors (Lipinski definition) is 4. The SMILES string of the molecule is Cc1c(C(=O)N(C)c2ccc(OCc3ccccc3)cc2)cc(-c2ccc(CN)cc2C(=O)N2Cc3ccccc3C[C@H]2C)n1C. The third-order valence-corrected chi connectivity index (χ3v) is 9.14. The number of anilines is 1. The molecule has 1 aliphatic rings. The van der Waals surface area contributed by atoms with Gasteiger partial charge in [0.2, 0.25) is 0 Å². The van der Waals surface area contributed by atoms with E-state index in [-0.39, 0.29) is 17.9 Å². The van der Waals surface area contributed by atoms with Crippen molar-refractivity contribution in [2.75, 3.05) is 11.9 Å². The van der Waals surface area contributed by atoms with E-state index in [1.807, 2.05) is 108 Å². The molecule has 46 heavy (non-hydrogen) atoms. The molecule has 0 bridgehead atoms. The Morgan fingerprint density at radius 2 is 1.57 bits per heavy atom. The third kappa shape index (κ3) is 6.06. The van der Waals surface area contributed by atoms with Crippen LogP contribution in [0.3, 0.4) is 0 Å². The van der Waals surface area contributed by atoms with Crippen molar-refractivity contribution in [2.45, 2.75) is 46.0 Å². The number of benzene rings is 4. The van der Waals surface area contributed by atoms with Crippen LogP contribution >= 0.6 is 0 Å². The maximum atomic E-state index is 14.3. The fourth-order valence-electron chi connectivity index (χ4n) is 6.20. The van der Waals surface area contributed by atoms with E-state index in [4.69, 9.17) is 10.5 Å². The predicted molar refractivity (Wildman–Crippen MR) is 183 cm³/mol. The number of rotatable bonds is 8. The predicted octanol–water partition coefficient (Wildman–Crippen LogP) is 6.90. The maximum absolute atomic E-state index is 14.3. The number of hydrogen-bond donors (Lipinski definition) is 1. The van der Waals surface area contributed by atoms with Gasteiger partial charge in [0.25, 0.3) is 11.8 Å². The Morgan fingerprint density at radius 3 is 2.28 bits per heavy atom. The van der Waals surface area contributed by atoms with Gasteiger partial charge in [-0.25, -0.2) is 0 Å². The Balaban J connectivity index is 1.26. The van der Waals surface area contributed by atoms with Gasteiger partial charge in [0, 0.05) is 61.4 Å². The highest BCUT2D eigenvalue weighted by Crippen LogP contribution is 2.33. The summed E-state index contributed by atoms with van der Waals surface area (Å²) < 4.78 is 7.92. The first-order chi connectivity index (χ1) is 22.2. The molecule has 0 aliphatic carbocycles. The average molecular weight is 613 g/mol. The highest BCUT2D eigenvalue weighted by molar-refractivity contribution is 6.08. The Bertz CT molecular complexity index is 1880. The van der Waals surface area contributed by atoms with Gasteiger partial charge in [-0.05, 0) is 78.9 Å². The van der Waals surface area contributed by atoms with Crippen molar-refractivity contribution in [3.05, 3.63) is 142 Å². The highest BCUT2D eigenvalue weighted by atomic mass is 16.5. The standard InChI is InChI=1S/C39H40N4O3/c1-26-20-30-12-8-9-13-31(30)24-43(26)39(45)36-21-29(23-40)14-19-34(36)37-22-35(27(2)41(37)3)38(44)42(4)32-15-17-33(18-16-32)46-25-28-10-6-5-7-11-28/h5-19,21-22,26H,20,23-25,40H2,1-4H3/t26-/m1/s1. The van der Waals surface area contributed by atoms with Gasteiger partial charge in [0.1, 0.15) is 12.4 Å². The van der Waals surface area contributed by atoms with Crippen LogP contribution in [0.15, 0.2) is 103 Å². The summed E-state index contributed by atoms with van der Waals surface area (Å²) in [5.41, 5.74) is 14.8. The number of ether oxygens (including phenoxy) is 1. The van der Waals surface area contributed by atoms with Crippen LogP contribution in [0.1, 0.15) is 55.6 Å². The molecule has 6 rings (SSSR count).